The van der Waals surface area contributed by atoms with Gasteiger partial charge in [-0.15, -0.1) is 0 Å². The quantitative estimate of drug-likeness (QED) is 0.500. The molecule has 0 unspecified atom stereocenters. The van der Waals surface area contributed by atoms with Crippen LogP contribution < -0.4 is 5.32 Å². The Hall–Kier alpha value is -2.23. The van der Waals surface area contributed by atoms with Crippen molar-refractivity contribution in [3.05, 3.63) is 34.2 Å². The molecule has 0 bridgehead atoms. The molecule has 9 heteroatoms. The Morgan fingerprint density at radius 1 is 1.35 bits per heavy atom. The van der Waals surface area contributed by atoms with Gasteiger partial charge in [-0.1, -0.05) is 0 Å². The molecule has 1 amide bonds. The maximum absolute atomic E-state index is 12.8. The molecule has 0 saturated heterocycles. The second kappa shape index (κ2) is 8.43. The van der Waals surface area contributed by atoms with Crippen molar-refractivity contribution in [3.8, 4) is 0 Å². The number of fused-ring (bicyclic) bond motifs is 1. The van der Waals surface area contributed by atoms with E-state index < -0.39 is 0 Å². The fourth-order valence-corrected chi connectivity index (χ4v) is 3.24. The van der Waals surface area contributed by atoms with Gasteiger partial charge in [0.2, 0.25) is 0 Å². The maximum atomic E-state index is 12.8. The number of aliphatic imine (C=N–C) groups is 1. The van der Waals surface area contributed by atoms with E-state index in [1.54, 1.807) is 20.4 Å². The lowest BCUT2D eigenvalue weighted by atomic mass is 10.2. The van der Waals surface area contributed by atoms with Crippen LogP contribution in [0.4, 0.5) is 0 Å². The molecule has 1 aliphatic rings. The first-order chi connectivity index (χ1) is 12.7. The standard InChI is InChI=1S/C17H20BrN5O3/c1-25-8-6-19-14(15-17(24)23(10-21-15)7-9-26-2)13-12(18)11-4-3-5-20-16(11)22-13/h3-5,10,19H,6-9H2,1-2H3,(H,20,22)/b15-14+. The predicted octanol–water partition coefficient (Wildman–Crippen LogP) is 1.75. The average Bonchev–Trinajstić information content (AvgIpc) is 3.18. The van der Waals surface area contributed by atoms with E-state index in [9.17, 15) is 4.79 Å². The van der Waals surface area contributed by atoms with E-state index in [0.29, 0.717) is 37.7 Å². The number of hydrogen-bond donors (Lipinski definition) is 2. The molecule has 26 heavy (non-hydrogen) atoms. The molecular formula is C17H20BrN5O3. The number of rotatable bonds is 8. The molecule has 2 aromatic rings. The third-order valence-corrected chi connectivity index (χ3v) is 4.75. The first-order valence-electron chi connectivity index (χ1n) is 8.11. The van der Waals surface area contributed by atoms with Gasteiger partial charge in [0.1, 0.15) is 5.65 Å². The predicted molar refractivity (Wildman–Crippen MR) is 103 cm³/mol. The van der Waals surface area contributed by atoms with Crippen molar-refractivity contribution >= 4 is 44.9 Å². The Bertz CT molecular complexity index is 861. The molecular weight excluding hydrogens is 402 g/mol. The Kier molecular flexibility index (Phi) is 6.02. The van der Waals surface area contributed by atoms with Crippen molar-refractivity contribution in [2.75, 3.05) is 40.5 Å². The van der Waals surface area contributed by atoms with Crippen LogP contribution in [0.2, 0.25) is 0 Å². The highest BCUT2D eigenvalue weighted by atomic mass is 79.9. The smallest absolute Gasteiger partial charge is 0.279 e. The highest BCUT2D eigenvalue weighted by molar-refractivity contribution is 9.10. The van der Waals surface area contributed by atoms with Crippen LogP contribution in [0.3, 0.4) is 0 Å². The minimum absolute atomic E-state index is 0.180. The zero-order chi connectivity index (χ0) is 18.5. The SMILES string of the molecule is COCCN/C(=C1/N=CN(CCOC)C1=O)c1[nH]c2ncccc2c1Br. The summed E-state index contributed by atoms with van der Waals surface area (Å²) in [6, 6.07) is 3.82. The fraction of sp³-hybridized carbons (Fsp3) is 0.353. The van der Waals surface area contributed by atoms with Crippen molar-refractivity contribution < 1.29 is 14.3 Å². The van der Waals surface area contributed by atoms with E-state index in [4.69, 9.17) is 9.47 Å². The fourth-order valence-electron chi connectivity index (χ4n) is 2.62. The summed E-state index contributed by atoms with van der Waals surface area (Å²) in [6.07, 6.45) is 3.25. The molecule has 0 atom stereocenters. The number of carbonyl (C=O) groups excluding carboxylic acids is 1. The Morgan fingerprint density at radius 3 is 2.88 bits per heavy atom. The molecule has 0 radical (unpaired) electrons. The largest absolute Gasteiger partial charge is 0.383 e. The number of aromatic nitrogens is 2. The Balaban J connectivity index is 2.01. The summed E-state index contributed by atoms with van der Waals surface area (Å²) in [5.41, 5.74) is 2.40. The normalized spacial score (nSPS) is 16.0. The number of H-pyrrole nitrogens is 1. The summed E-state index contributed by atoms with van der Waals surface area (Å²) < 4.78 is 11.0. The summed E-state index contributed by atoms with van der Waals surface area (Å²) in [7, 11) is 3.23. The number of aromatic amines is 1. The average molecular weight is 422 g/mol. The van der Waals surface area contributed by atoms with E-state index in [1.807, 2.05) is 12.1 Å². The number of hydrogen-bond acceptors (Lipinski definition) is 6. The summed E-state index contributed by atoms with van der Waals surface area (Å²) >= 11 is 3.61. The van der Waals surface area contributed by atoms with Crippen LogP contribution in [0, 0.1) is 0 Å². The van der Waals surface area contributed by atoms with E-state index in [2.05, 4.69) is 36.2 Å². The molecule has 2 aromatic heterocycles. The minimum atomic E-state index is -0.180. The monoisotopic (exact) mass is 421 g/mol. The molecule has 0 spiro atoms. The number of nitrogens with zero attached hydrogens (tertiary/aromatic N) is 3. The number of ether oxygens (including phenoxy) is 2. The Labute approximate surface area is 159 Å². The lowest BCUT2D eigenvalue weighted by Crippen LogP contribution is -2.30. The summed E-state index contributed by atoms with van der Waals surface area (Å²) in [6.45, 7) is 1.92. The first kappa shape index (κ1) is 18.6. The van der Waals surface area contributed by atoms with Crippen LogP contribution >= 0.6 is 15.9 Å². The molecule has 0 aromatic carbocycles. The summed E-state index contributed by atoms with van der Waals surface area (Å²) in [4.78, 5) is 26.2. The van der Waals surface area contributed by atoms with Gasteiger partial charge >= 0.3 is 0 Å². The maximum Gasteiger partial charge on any atom is 0.279 e. The van der Waals surface area contributed by atoms with Gasteiger partial charge < -0.3 is 19.8 Å². The van der Waals surface area contributed by atoms with Gasteiger partial charge in [-0.2, -0.15) is 0 Å². The molecule has 8 nitrogen and oxygen atoms in total. The molecule has 0 fully saturated rings. The van der Waals surface area contributed by atoms with E-state index in [1.165, 1.54) is 11.2 Å². The van der Waals surface area contributed by atoms with Gasteiger partial charge in [-0.25, -0.2) is 9.98 Å². The number of nitrogens with one attached hydrogen (secondary N) is 2. The van der Waals surface area contributed by atoms with Gasteiger partial charge in [0.15, 0.2) is 5.70 Å². The van der Waals surface area contributed by atoms with E-state index in [0.717, 1.165) is 21.2 Å². The number of carbonyl (C=O) groups is 1. The van der Waals surface area contributed by atoms with Crippen LogP contribution in [0.1, 0.15) is 5.69 Å². The molecule has 2 N–H and O–H groups in total. The highest BCUT2D eigenvalue weighted by Gasteiger charge is 2.28. The summed E-state index contributed by atoms with van der Waals surface area (Å²) in [5, 5.41) is 4.19. The molecule has 0 saturated carbocycles. The molecule has 3 heterocycles. The molecule has 3 rings (SSSR count). The number of methoxy groups -OCH3 is 2. The first-order valence-corrected chi connectivity index (χ1v) is 8.90. The number of amides is 1. The van der Waals surface area contributed by atoms with Crippen molar-refractivity contribution in [2.45, 2.75) is 0 Å². The number of halogens is 1. The van der Waals surface area contributed by atoms with Gasteiger partial charge in [0.25, 0.3) is 5.91 Å². The van der Waals surface area contributed by atoms with Crippen LogP contribution in [0.5, 0.6) is 0 Å². The second-order valence-electron chi connectivity index (χ2n) is 5.59. The van der Waals surface area contributed by atoms with Gasteiger partial charge in [0.05, 0.1) is 42.0 Å². The topological polar surface area (TPSA) is 91.8 Å². The van der Waals surface area contributed by atoms with Crippen LogP contribution in [-0.4, -0.2) is 67.6 Å². The lowest BCUT2D eigenvalue weighted by Gasteiger charge is -2.14. The van der Waals surface area contributed by atoms with Crippen molar-refractivity contribution in [3.63, 3.8) is 0 Å². The van der Waals surface area contributed by atoms with Gasteiger partial charge in [0, 0.05) is 32.3 Å². The second-order valence-corrected chi connectivity index (χ2v) is 6.39. The minimum Gasteiger partial charge on any atom is -0.383 e. The highest BCUT2D eigenvalue weighted by Crippen LogP contribution is 2.32. The van der Waals surface area contributed by atoms with Crippen molar-refractivity contribution in [2.24, 2.45) is 4.99 Å². The third-order valence-electron chi connectivity index (χ3n) is 3.93. The van der Waals surface area contributed by atoms with Crippen LogP contribution in [-0.2, 0) is 14.3 Å². The van der Waals surface area contributed by atoms with Crippen LogP contribution in [0.15, 0.2) is 33.5 Å². The number of pyridine rings is 1. The summed E-state index contributed by atoms with van der Waals surface area (Å²) in [5.74, 6) is -0.180. The van der Waals surface area contributed by atoms with E-state index in [-0.39, 0.29) is 5.91 Å². The van der Waals surface area contributed by atoms with Gasteiger partial charge in [-0.05, 0) is 28.1 Å². The van der Waals surface area contributed by atoms with Crippen molar-refractivity contribution in [1.29, 1.82) is 0 Å². The lowest BCUT2D eigenvalue weighted by molar-refractivity contribution is -0.122. The van der Waals surface area contributed by atoms with E-state index >= 15 is 0 Å². The van der Waals surface area contributed by atoms with Gasteiger partial charge in [-0.3, -0.25) is 9.69 Å². The molecule has 0 aliphatic carbocycles. The molecule has 1 aliphatic heterocycles. The molecule has 138 valence electrons. The van der Waals surface area contributed by atoms with Crippen LogP contribution in [0.25, 0.3) is 16.7 Å². The zero-order valence-electron chi connectivity index (χ0n) is 14.6. The Morgan fingerprint density at radius 2 is 2.15 bits per heavy atom. The van der Waals surface area contributed by atoms with Crippen molar-refractivity contribution in [1.82, 2.24) is 20.2 Å². The third kappa shape index (κ3) is 3.64. The zero-order valence-corrected chi connectivity index (χ0v) is 16.2.